The Morgan fingerprint density at radius 3 is 3.09 bits per heavy atom. The topological polar surface area (TPSA) is 58.2 Å². The van der Waals surface area contributed by atoms with Gasteiger partial charge in [0.15, 0.2) is 0 Å². The van der Waals surface area contributed by atoms with Gasteiger partial charge in [0.1, 0.15) is 6.61 Å². The normalized spacial score (nSPS) is 17.2. The van der Waals surface area contributed by atoms with Gasteiger partial charge in [0.2, 0.25) is 0 Å². The summed E-state index contributed by atoms with van der Waals surface area (Å²) < 4.78 is 5.48. The van der Waals surface area contributed by atoms with Crippen LogP contribution in [-0.2, 0) is 17.8 Å². The lowest BCUT2D eigenvalue weighted by Crippen LogP contribution is -2.42. The molecule has 1 atom stereocenters. The summed E-state index contributed by atoms with van der Waals surface area (Å²) in [6.07, 6.45) is 2.16. The van der Waals surface area contributed by atoms with Crippen LogP contribution < -0.4 is 0 Å². The van der Waals surface area contributed by atoms with Crippen LogP contribution in [0.1, 0.15) is 36.8 Å². The quantitative estimate of drug-likeness (QED) is 0.925. The highest BCUT2D eigenvalue weighted by Gasteiger charge is 2.35. The van der Waals surface area contributed by atoms with E-state index >= 15 is 0 Å². The minimum Gasteiger partial charge on any atom is -0.445 e. The number of aromatic amines is 1. The van der Waals surface area contributed by atoms with Crippen molar-refractivity contribution in [2.24, 2.45) is 5.92 Å². The maximum absolute atomic E-state index is 12.5. The van der Waals surface area contributed by atoms with E-state index in [4.69, 9.17) is 16.3 Å². The van der Waals surface area contributed by atoms with Gasteiger partial charge in [-0.25, -0.2) is 9.78 Å². The van der Waals surface area contributed by atoms with Crippen molar-refractivity contribution in [2.45, 2.75) is 32.9 Å². The number of halogens is 1. The molecule has 5 nitrogen and oxygen atoms in total. The van der Waals surface area contributed by atoms with Gasteiger partial charge in [-0.2, -0.15) is 0 Å². The van der Waals surface area contributed by atoms with E-state index < -0.39 is 0 Å². The van der Waals surface area contributed by atoms with Gasteiger partial charge in [0, 0.05) is 23.7 Å². The fourth-order valence-corrected chi connectivity index (χ4v) is 3.25. The third-order valence-corrected chi connectivity index (χ3v) is 4.32. The smallest absolute Gasteiger partial charge is 0.410 e. The van der Waals surface area contributed by atoms with Crippen molar-refractivity contribution in [1.82, 2.24) is 14.9 Å². The zero-order valence-corrected chi connectivity index (χ0v) is 14.0. The average Bonchev–Trinajstić information content (AvgIpc) is 2.99. The Morgan fingerprint density at radius 1 is 1.52 bits per heavy atom. The number of H-pyrrole nitrogens is 1. The average molecular weight is 334 g/mol. The van der Waals surface area contributed by atoms with Crippen molar-refractivity contribution in [2.75, 3.05) is 6.54 Å². The number of carbonyl (C=O) groups is 1. The maximum atomic E-state index is 12.5. The molecule has 2 heterocycles. The van der Waals surface area contributed by atoms with Crippen LogP contribution >= 0.6 is 11.6 Å². The fourth-order valence-electron chi connectivity index (χ4n) is 3.04. The zero-order valence-electron chi connectivity index (χ0n) is 13.3. The third kappa shape index (κ3) is 3.34. The van der Waals surface area contributed by atoms with E-state index in [0.717, 1.165) is 23.4 Å². The molecule has 1 amide bonds. The van der Waals surface area contributed by atoms with E-state index in [1.165, 1.54) is 0 Å². The van der Waals surface area contributed by atoms with Crippen LogP contribution in [0.2, 0.25) is 5.02 Å². The zero-order chi connectivity index (χ0) is 16.4. The molecule has 0 saturated heterocycles. The monoisotopic (exact) mass is 333 g/mol. The van der Waals surface area contributed by atoms with Crippen molar-refractivity contribution in [3.63, 3.8) is 0 Å². The lowest BCUT2D eigenvalue weighted by molar-refractivity contribution is 0.0652. The minimum atomic E-state index is -0.308. The van der Waals surface area contributed by atoms with Crippen molar-refractivity contribution in [1.29, 1.82) is 0 Å². The number of fused-ring (bicyclic) bond motifs is 1. The summed E-state index contributed by atoms with van der Waals surface area (Å²) in [6, 6.07) is 7.28. The Bertz CT molecular complexity index is 699. The Labute approximate surface area is 140 Å². The molecule has 1 aromatic carbocycles. The predicted octanol–water partition coefficient (Wildman–Crippen LogP) is 3.96. The second-order valence-electron chi connectivity index (χ2n) is 6.08. The third-order valence-electron chi connectivity index (χ3n) is 4.09. The summed E-state index contributed by atoms with van der Waals surface area (Å²) in [7, 11) is 0. The number of hydrogen-bond acceptors (Lipinski definition) is 3. The van der Waals surface area contributed by atoms with E-state index in [2.05, 4.69) is 23.8 Å². The van der Waals surface area contributed by atoms with Gasteiger partial charge in [-0.1, -0.05) is 37.6 Å². The van der Waals surface area contributed by atoms with Gasteiger partial charge < -0.3 is 9.72 Å². The Hall–Kier alpha value is -2.01. The lowest BCUT2D eigenvalue weighted by Gasteiger charge is -2.36. The molecule has 0 saturated carbocycles. The molecule has 1 N–H and O–H groups in total. The minimum absolute atomic E-state index is 0.0585. The molecule has 6 heteroatoms. The first-order valence-corrected chi connectivity index (χ1v) is 8.14. The van der Waals surface area contributed by atoms with E-state index in [1.54, 1.807) is 23.4 Å². The van der Waals surface area contributed by atoms with Gasteiger partial charge >= 0.3 is 6.09 Å². The summed E-state index contributed by atoms with van der Waals surface area (Å²) in [5.41, 5.74) is 2.94. The number of aromatic nitrogens is 2. The number of benzene rings is 1. The number of nitrogens with one attached hydrogen (secondary N) is 1. The van der Waals surface area contributed by atoms with Gasteiger partial charge in [0.25, 0.3) is 0 Å². The summed E-state index contributed by atoms with van der Waals surface area (Å²) in [6.45, 7) is 5.03. The van der Waals surface area contributed by atoms with E-state index in [0.29, 0.717) is 11.6 Å². The lowest BCUT2D eigenvalue weighted by atomic mass is 9.94. The molecule has 2 aromatic rings. The highest BCUT2D eigenvalue weighted by atomic mass is 35.5. The molecule has 1 unspecified atom stereocenters. The Kier molecular flexibility index (Phi) is 4.57. The second kappa shape index (κ2) is 6.62. The molecule has 1 aliphatic heterocycles. The summed E-state index contributed by atoms with van der Waals surface area (Å²) in [5.74, 6) is 0.260. The standard InChI is InChI=1S/C17H20ClN3O2/c1-11(2)16-15-14(19-10-20-15)6-7-21(16)17(22)23-9-12-4-3-5-13(18)8-12/h3-5,8,10-11,16H,6-7,9H2,1-2H3,(H,19,20). The largest absolute Gasteiger partial charge is 0.445 e. The van der Waals surface area contributed by atoms with Crippen LogP contribution in [0.15, 0.2) is 30.6 Å². The van der Waals surface area contributed by atoms with Crippen LogP contribution in [0.25, 0.3) is 0 Å². The summed E-state index contributed by atoms with van der Waals surface area (Å²) in [4.78, 5) is 21.9. The van der Waals surface area contributed by atoms with Crippen LogP contribution in [0.4, 0.5) is 4.79 Å². The molecule has 0 bridgehead atoms. The molecule has 3 rings (SSSR count). The highest BCUT2D eigenvalue weighted by Crippen LogP contribution is 2.33. The molecule has 0 spiro atoms. The molecule has 23 heavy (non-hydrogen) atoms. The van der Waals surface area contributed by atoms with E-state index in [9.17, 15) is 4.79 Å². The Morgan fingerprint density at radius 2 is 2.35 bits per heavy atom. The molecule has 0 fully saturated rings. The maximum Gasteiger partial charge on any atom is 0.410 e. The van der Waals surface area contributed by atoms with Crippen molar-refractivity contribution in [3.8, 4) is 0 Å². The van der Waals surface area contributed by atoms with Crippen LogP contribution in [0.3, 0.4) is 0 Å². The number of carbonyl (C=O) groups excluding carboxylic acids is 1. The second-order valence-corrected chi connectivity index (χ2v) is 6.52. The summed E-state index contributed by atoms with van der Waals surface area (Å²) in [5, 5.41) is 0.637. The first-order chi connectivity index (χ1) is 11.1. The number of ether oxygens (including phenoxy) is 1. The van der Waals surface area contributed by atoms with Gasteiger partial charge in [-0.3, -0.25) is 4.90 Å². The SMILES string of the molecule is CC(C)C1c2nc[nH]c2CCN1C(=O)OCc1cccc(Cl)c1. The van der Waals surface area contributed by atoms with Crippen LogP contribution in [0.5, 0.6) is 0 Å². The first-order valence-electron chi connectivity index (χ1n) is 7.76. The predicted molar refractivity (Wildman–Crippen MR) is 88.2 cm³/mol. The van der Waals surface area contributed by atoms with Gasteiger partial charge in [-0.15, -0.1) is 0 Å². The molecule has 1 aliphatic rings. The van der Waals surface area contributed by atoms with Crippen LogP contribution in [-0.4, -0.2) is 27.5 Å². The Balaban J connectivity index is 1.71. The van der Waals surface area contributed by atoms with E-state index in [1.807, 2.05) is 12.1 Å². The first kappa shape index (κ1) is 15.9. The molecule has 0 radical (unpaired) electrons. The van der Waals surface area contributed by atoms with Crippen LogP contribution in [0, 0.1) is 5.92 Å². The van der Waals surface area contributed by atoms with Gasteiger partial charge in [0.05, 0.1) is 18.1 Å². The molecule has 1 aromatic heterocycles. The van der Waals surface area contributed by atoms with Gasteiger partial charge in [-0.05, 0) is 23.6 Å². The number of nitrogens with zero attached hydrogens (tertiary/aromatic N) is 2. The van der Waals surface area contributed by atoms with E-state index in [-0.39, 0.29) is 24.7 Å². The van der Waals surface area contributed by atoms with Crippen molar-refractivity contribution < 1.29 is 9.53 Å². The fraction of sp³-hybridized carbons (Fsp3) is 0.412. The highest BCUT2D eigenvalue weighted by molar-refractivity contribution is 6.30. The molecular formula is C17H20ClN3O2. The number of hydrogen-bond donors (Lipinski definition) is 1. The number of rotatable bonds is 3. The molecular weight excluding hydrogens is 314 g/mol. The summed E-state index contributed by atoms with van der Waals surface area (Å²) >= 11 is 5.95. The van der Waals surface area contributed by atoms with Crippen molar-refractivity contribution in [3.05, 3.63) is 52.6 Å². The number of imidazole rings is 1. The molecule has 122 valence electrons. The van der Waals surface area contributed by atoms with Crippen molar-refractivity contribution >= 4 is 17.7 Å². The molecule has 0 aliphatic carbocycles. The number of amides is 1.